The van der Waals surface area contributed by atoms with Crippen LogP contribution in [0.2, 0.25) is 0 Å². The topological polar surface area (TPSA) is 61.3 Å². The van der Waals surface area contributed by atoms with Crippen LogP contribution in [0.4, 0.5) is 4.39 Å². The third kappa shape index (κ3) is 2.54. The highest BCUT2D eigenvalue weighted by molar-refractivity contribution is 5.95. The molecule has 5 nitrogen and oxygen atoms in total. The number of hydrogen-bond donors (Lipinski definition) is 0. The molecule has 1 aromatic carbocycles. The van der Waals surface area contributed by atoms with Gasteiger partial charge in [0.2, 0.25) is 0 Å². The monoisotopic (exact) mass is 352 g/mol. The number of ether oxygens (including phenoxy) is 1. The van der Waals surface area contributed by atoms with E-state index in [0.717, 1.165) is 28.1 Å². The first-order chi connectivity index (χ1) is 12.5. The minimum Gasteiger partial charge on any atom is -0.496 e. The zero-order chi connectivity index (χ0) is 18.4. The van der Waals surface area contributed by atoms with E-state index in [4.69, 9.17) is 18.7 Å². The lowest BCUT2D eigenvalue weighted by Crippen LogP contribution is -1.94. The van der Waals surface area contributed by atoms with E-state index in [1.807, 2.05) is 32.9 Å². The molecule has 3 heterocycles. The van der Waals surface area contributed by atoms with Crippen LogP contribution >= 0.6 is 0 Å². The van der Waals surface area contributed by atoms with Crippen LogP contribution in [0.25, 0.3) is 33.5 Å². The molecule has 0 unspecified atom stereocenters. The van der Waals surface area contributed by atoms with Crippen molar-refractivity contribution in [3.63, 3.8) is 0 Å². The fraction of sp³-hybridized carbons (Fsp3) is 0.200. The third-order valence-electron chi connectivity index (χ3n) is 4.33. The molecule has 0 fully saturated rings. The molecule has 6 heteroatoms. The lowest BCUT2D eigenvalue weighted by atomic mass is 10.0. The molecule has 0 spiro atoms. The summed E-state index contributed by atoms with van der Waals surface area (Å²) in [6, 6.07) is 8.24. The van der Waals surface area contributed by atoms with Crippen molar-refractivity contribution in [2.75, 3.05) is 7.11 Å². The predicted molar refractivity (Wildman–Crippen MR) is 95.7 cm³/mol. The minimum atomic E-state index is -0.376. The molecule has 0 radical (unpaired) electrons. The van der Waals surface area contributed by atoms with Crippen LogP contribution < -0.4 is 4.74 Å². The van der Waals surface area contributed by atoms with Crippen LogP contribution in [0.1, 0.15) is 17.2 Å². The Kier molecular flexibility index (Phi) is 3.76. The van der Waals surface area contributed by atoms with Gasteiger partial charge in [-0.05, 0) is 45.0 Å². The molecule has 0 saturated carbocycles. The summed E-state index contributed by atoms with van der Waals surface area (Å²) in [6.07, 6.45) is 0. The van der Waals surface area contributed by atoms with E-state index in [9.17, 15) is 4.39 Å². The van der Waals surface area contributed by atoms with Gasteiger partial charge in [0.05, 0.1) is 24.1 Å². The molecule has 0 aliphatic heterocycles. The fourth-order valence-corrected chi connectivity index (χ4v) is 3.20. The van der Waals surface area contributed by atoms with Gasteiger partial charge in [-0.15, -0.1) is 0 Å². The second-order valence-electron chi connectivity index (χ2n) is 6.18. The smallest absolute Gasteiger partial charge is 0.160 e. The lowest BCUT2D eigenvalue weighted by Gasteiger charge is -2.10. The Morgan fingerprint density at radius 3 is 2.58 bits per heavy atom. The van der Waals surface area contributed by atoms with Gasteiger partial charge >= 0.3 is 0 Å². The maximum Gasteiger partial charge on any atom is 0.160 e. The second kappa shape index (κ2) is 5.98. The molecule has 0 saturated heterocycles. The van der Waals surface area contributed by atoms with Crippen molar-refractivity contribution >= 4 is 11.0 Å². The molecular weight excluding hydrogens is 335 g/mol. The molecule has 0 amide bonds. The quantitative estimate of drug-likeness (QED) is 0.506. The van der Waals surface area contributed by atoms with Gasteiger partial charge in [-0.1, -0.05) is 5.16 Å². The predicted octanol–water partition coefficient (Wildman–Crippen LogP) is 5.22. The van der Waals surface area contributed by atoms with Crippen LogP contribution in [-0.2, 0) is 0 Å². The zero-order valence-corrected chi connectivity index (χ0v) is 14.9. The van der Waals surface area contributed by atoms with E-state index >= 15 is 0 Å². The van der Waals surface area contributed by atoms with Gasteiger partial charge in [-0.3, -0.25) is 0 Å². The number of rotatable bonds is 3. The van der Waals surface area contributed by atoms with Crippen molar-refractivity contribution in [1.29, 1.82) is 0 Å². The normalized spacial score (nSPS) is 11.3. The van der Waals surface area contributed by atoms with Crippen molar-refractivity contribution in [3.8, 4) is 28.3 Å². The number of benzene rings is 1. The Labute approximate surface area is 149 Å². The number of aromatic nitrogens is 2. The van der Waals surface area contributed by atoms with Gasteiger partial charge in [-0.25, -0.2) is 9.37 Å². The maximum absolute atomic E-state index is 13.6. The van der Waals surface area contributed by atoms with Crippen molar-refractivity contribution in [3.05, 3.63) is 53.4 Å². The first-order valence-corrected chi connectivity index (χ1v) is 8.16. The molecule has 4 rings (SSSR count). The van der Waals surface area contributed by atoms with Crippen molar-refractivity contribution in [1.82, 2.24) is 10.1 Å². The number of aryl methyl sites for hydroxylation is 3. The van der Waals surface area contributed by atoms with Gasteiger partial charge in [0.15, 0.2) is 5.58 Å². The summed E-state index contributed by atoms with van der Waals surface area (Å²) in [5, 5.41) is 4.91. The molecule has 0 aliphatic rings. The largest absolute Gasteiger partial charge is 0.496 e. The zero-order valence-electron chi connectivity index (χ0n) is 14.9. The van der Waals surface area contributed by atoms with E-state index in [2.05, 4.69) is 5.16 Å². The average Bonchev–Trinajstić information content (AvgIpc) is 3.15. The van der Waals surface area contributed by atoms with Gasteiger partial charge in [0.1, 0.15) is 28.8 Å². The SMILES string of the molecule is COc1cc(F)ccc1-c1nc(-c2c(C)noc2C)cc2cc(C)oc12. The van der Waals surface area contributed by atoms with Crippen LogP contribution in [0.3, 0.4) is 0 Å². The van der Waals surface area contributed by atoms with Crippen LogP contribution in [0.15, 0.2) is 39.3 Å². The van der Waals surface area contributed by atoms with Gasteiger partial charge in [-0.2, -0.15) is 0 Å². The average molecular weight is 352 g/mol. The molecule has 0 bridgehead atoms. The molecule has 0 atom stereocenters. The molecule has 3 aromatic heterocycles. The first kappa shape index (κ1) is 16.3. The summed E-state index contributed by atoms with van der Waals surface area (Å²) >= 11 is 0. The van der Waals surface area contributed by atoms with E-state index < -0.39 is 0 Å². The van der Waals surface area contributed by atoms with Gasteiger partial charge in [0, 0.05) is 17.0 Å². The number of pyridine rings is 1. The molecular formula is C20H17FN2O3. The van der Waals surface area contributed by atoms with Crippen LogP contribution in [0.5, 0.6) is 5.75 Å². The van der Waals surface area contributed by atoms with E-state index in [1.54, 1.807) is 6.07 Å². The molecule has 0 aliphatic carbocycles. The fourth-order valence-electron chi connectivity index (χ4n) is 3.20. The molecule has 132 valence electrons. The first-order valence-electron chi connectivity index (χ1n) is 8.16. The minimum absolute atomic E-state index is 0.376. The summed E-state index contributed by atoms with van der Waals surface area (Å²) in [5.41, 5.74) is 4.18. The van der Waals surface area contributed by atoms with E-state index in [1.165, 1.54) is 19.2 Å². The highest BCUT2D eigenvalue weighted by Gasteiger charge is 2.20. The Morgan fingerprint density at radius 1 is 1.08 bits per heavy atom. The van der Waals surface area contributed by atoms with Crippen LogP contribution in [-0.4, -0.2) is 17.3 Å². The van der Waals surface area contributed by atoms with Crippen molar-refractivity contribution < 1.29 is 18.1 Å². The molecule has 0 N–H and O–H groups in total. The summed E-state index contributed by atoms with van der Waals surface area (Å²) < 4.78 is 30.1. The van der Waals surface area contributed by atoms with E-state index in [0.29, 0.717) is 28.4 Å². The number of nitrogens with zero attached hydrogens (tertiary/aromatic N) is 2. The van der Waals surface area contributed by atoms with Crippen molar-refractivity contribution in [2.24, 2.45) is 0 Å². The van der Waals surface area contributed by atoms with Gasteiger partial charge < -0.3 is 13.7 Å². The Morgan fingerprint density at radius 2 is 1.88 bits per heavy atom. The lowest BCUT2D eigenvalue weighted by molar-refractivity contribution is 0.393. The Bertz CT molecular complexity index is 1110. The summed E-state index contributed by atoms with van der Waals surface area (Å²) in [4.78, 5) is 4.79. The number of methoxy groups -OCH3 is 1. The highest BCUT2D eigenvalue weighted by atomic mass is 19.1. The van der Waals surface area contributed by atoms with Crippen LogP contribution in [0, 0.1) is 26.6 Å². The number of fused-ring (bicyclic) bond motifs is 1. The second-order valence-corrected chi connectivity index (χ2v) is 6.18. The number of furan rings is 1. The third-order valence-corrected chi connectivity index (χ3v) is 4.33. The Balaban J connectivity index is 2.06. The summed E-state index contributed by atoms with van der Waals surface area (Å²) in [7, 11) is 1.50. The summed E-state index contributed by atoms with van der Waals surface area (Å²) in [5.74, 6) is 1.47. The standard InChI is InChI=1S/C20H17FN2O3/c1-10-7-13-8-16(18-11(2)23-26-12(18)3)22-19(20(13)25-10)15-6-5-14(21)9-17(15)24-4/h5-9H,1-4H3. The molecule has 26 heavy (non-hydrogen) atoms. The Hall–Kier alpha value is -3.15. The number of hydrogen-bond acceptors (Lipinski definition) is 5. The molecule has 4 aromatic rings. The number of halogens is 1. The van der Waals surface area contributed by atoms with Gasteiger partial charge in [0.25, 0.3) is 0 Å². The maximum atomic E-state index is 13.6. The van der Waals surface area contributed by atoms with Crippen molar-refractivity contribution in [2.45, 2.75) is 20.8 Å². The summed E-state index contributed by atoms with van der Waals surface area (Å²) in [6.45, 7) is 5.59. The highest BCUT2D eigenvalue weighted by Crippen LogP contribution is 2.38. The van der Waals surface area contributed by atoms with E-state index in [-0.39, 0.29) is 5.82 Å².